The van der Waals surface area contributed by atoms with Gasteiger partial charge in [0.25, 0.3) is 0 Å². The summed E-state index contributed by atoms with van der Waals surface area (Å²) in [6, 6.07) is 15.5. The second-order valence-electron chi connectivity index (χ2n) is 6.30. The van der Waals surface area contributed by atoms with Gasteiger partial charge in [0.05, 0.1) is 26.9 Å². The van der Waals surface area contributed by atoms with Crippen molar-refractivity contribution in [1.29, 1.82) is 5.26 Å². The Labute approximate surface area is 158 Å². The van der Waals surface area contributed by atoms with Crippen LogP contribution in [0.2, 0.25) is 0 Å². The predicted molar refractivity (Wildman–Crippen MR) is 97.6 cm³/mol. The zero-order valence-electron chi connectivity index (χ0n) is 15.3. The van der Waals surface area contributed by atoms with Gasteiger partial charge in [-0.05, 0) is 29.7 Å². The number of hydrogen-bond acceptors (Lipinski definition) is 6. The zero-order chi connectivity index (χ0) is 19.2. The third kappa shape index (κ3) is 4.14. The number of nitrogens with zero attached hydrogens (tertiary/aromatic N) is 1. The number of esters is 1. The molecule has 140 valence electrons. The average molecular weight is 367 g/mol. The summed E-state index contributed by atoms with van der Waals surface area (Å²) in [5.41, 5.74) is 1.92. The Kier molecular flexibility index (Phi) is 5.82. The minimum atomic E-state index is -0.740. The minimum Gasteiger partial charge on any atom is -0.493 e. The molecule has 0 aromatic heterocycles. The Hall–Kier alpha value is -3.20. The number of ether oxygens (including phenoxy) is 4. The third-order valence-corrected chi connectivity index (χ3v) is 4.55. The highest BCUT2D eigenvalue weighted by atomic mass is 16.5. The fraction of sp³-hybridized carbons (Fsp3) is 0.333. The van der Waals surface area contributed by atoms with E-state index in [1.165, 1.54) is 0 Å². The predicted octanol–water partition coefficient (Wildman–Crippen LogP) is 3.14. The molecule has 0 radical (unpaired) electrons. The summed E-state index contributed by atoms with van der Waals surface area (Å²) in [5, 5.41) is 9.19. The van der Waals surface area contributed by atoms with Gasteiger partial charge >= 0.3 is 5.97 Å². The fourth-order valence-corrected chi connectivity index (χ4v) is 3.13. The first-order chi connectivity index (χ1) is 13.2. The van der Waals surface area contributed by atoms with Crippen LogP contribution in [0.25, 0.3) is 0 Å². The lowest BCUT2D eigenvalue weighted by Gasteiger charge is -2.17. The standard InChI is InChI=1S/C21H21NO5/c1-24-18-9-15(8-16-13-27-21(23)17(16)11-22)10-19(25-2)20(18)26-12-14-6-4-3-5-7-14/h3-7,9-10,16-17H,8,12-13H2,1-2H3/t16-,17-/m0/s1. The van der Waals surface area contributed by atoms with Crippen molar-refractivity contribution in [2.24, 2.45) is 11.8 Å². The molecule has 0 amide bonds. The number of carbonyl (C=O) groups is 1. The molecule has 3 rings (SSSR count). The van der Waals surface area contributed by atoms with E-state index in [2.05, 4.69) is 0 Å². The van der Waals surface area contributed by atoms with E-state index in [0.717, 1.165) is 11.1 Å². The lowest BCUT2D eigenvalue weighted by atomic mass is 9.90. The molecule has 1 aliphatic rings. The molecule has 2 aromatic rings. The van der Waals surface area contributed by atoms with E-state index in [9.17, 15) is 10.1 Å². The van der Waals surface area contributed by atoms with Gasteiger partial charge in [0.1, 0.15) is 12.5 Å². The van der Waals surface area contributed by atoms with Gasteiger partial charge in [-0.2, -0.15) is 5.26 Å². The average Bonchev–Trinajstić information content (AvgIpc) is 3.06. The Morgan fingerprint density at radius 1 is 1.11 bits per heavy atom. The molecule has 1 saturated heterocycles. The molecule has 6 nitrogen and oxygen atoms in total. The molecule has 2 aromatic carbocycles. The third-order valence-electron chi connectivity index (χ3n) is 4.55. The number of benzene rings is 2. The second kappa shape index (κ2) is 8.45. The van der Waals surface area contributed by atoms with Crippen molar-refractivity contribution < 1.29 is 23.7 Å². The van der Waals surface area contributed by atoms with Crippen molar-refractivity contribution in [1.82, 2.24) is 0 Å². The van der Waals surface area contributed by atoms with Crippen LogP contribution in [-0.2, 0) is 22.6 Å². The molecular weight excluding hydrogens is 346 g/mol. The number of cyclic esters (lactones) is 1. The maximum Gasteiger partial charge on any atom is 0.323 e. The van der Waals surface area contributed by atoms with Crippen molar-refractivity contribution in [2.75, 3.05) is 20.8 Å². The molecule has 0 N–H and O–H groups in total. The Balaban J connectivity index is 1.81. The quantitative estimate of drug-likeness (QED) is 0.700. The van der Waals surface area contributed by atoms with Crippen LogP contribution >= 0.6 is 0 Å². The van der Waals surface area contributed by atoms with Crippen LogP contribution in [0.4, 0.5) is 0 Å². The highest BCUT2D eigenvalue weighted by Gasteiger charge is 2.37. The summed E-state index contributed by atoms with van der Waals surface area (Å²) in [4.78, 5) is 11.6. The van der Waals surface area contributed by atoms with E-state index in [1.807, 2.05) is 48.5 Å². The minimum absolute atomic E-state index is 0.187. The monoisotopic (exact) mass is 367 g/mol. The lowest BCUT2D eigenvalue weighted by Crippen LogP contribution is -2.16. The van der Waals surface area contributed by atoms with Gasteiger partial charge in [-0.1, -0.05) is 30.3 Å². The molecule has 0 saturated carbocycles. The molecule has 0 spiro atoms. The van der Waals surface area contributed by atoms with Crippen LogP contribution in [-0.4, -0.2) is 26.8 Å². The molecule has 0 unspecified atom stereocenters. The van der Waals surface area contributed by atoms with Crippen LogP contribution in [0.5, 0.6) is 17.2 Å². The first-order valence-electron chi connectivity index (χ1n) is 8.64. The van der Waals surface area contributed by atoms with E-state index >= 15 is 0 Å². The summed E-state index contributed by atoms with van der Waals surface area (Å²) in [6.07, 6.45) is 0.510. The summed E-state index contributed by atoms with van der Waals surface area (Å²) < 4.78 is 21.9. The van der Waals surface area contributed by atoms with Crippen molar-refractivity contribution in [3.05, 3.63) is 53.6 Å². The smallest absolute Gasteiger partial charge is 0.323 e. The Morgan fingerprint density at radius 2 is 1.78 bits per heavy atom. The van der Waals surface area contributed by atoms with Crippen LogP contribution in [0.1, 0.15) is 11.1 Å². The molecular formula is C21H21NO5. The Bertz CT molecular complexity index is 818. The van der Waals surface area contributed by atoms with Gasteiger partial charge in [-0.25, -0.2) is 0 Å². The van der Waals surface area contributed by atoms with Crippen LogP contribution in [0, 0.1) is 23.2 Å². The van der Waals surface area contributed by atoms with E-state index in [-0.39, 0.29) is 12.5 Å². The molecule has 27 heavy (non-hydrogen) atoms. The first-order valence-corrected chi connectivity index (χ1v) is 8.64. The molecule has 6 heteroatoms. The number of carbonyl (C=O) groups excluding carboxylic acids is 1. The van der Waals surface area contributed by atoms with Crippen molar-refractivity contribution in [3.8, 4) is 23.3 Å². The van der Waals surface area contributed by atoms with E-state index in [4.69, 9.17) is 18.9 Å². The van der Waals surface area contributed by atoms with Crippen molar-refractivity contribution in [3.63, 3.8) is 0 Å². The van der Waals surface area contributed by atoms with Gasteiger partial charge in [0.2, 0.25) is 5.75 Å². The van der Waals surface area contributed by atoms with Crippen LogP contribution in [0.3, 0.4) is 0 Å². The maximum atomic E-state index is 11.6. The topological polar surface area (TPSA) is 77.8 Å². The lowest BCUT2D eigenvalue weighted by molar-refractivity contribution is -0.139. The summed E-state index contributed by atoms with van der Waals surface area (Å²) in [5.74, 6) is 0.217. The summed E-state index contributed by atoms with van der Waals surface area (Å²) >= 11 is 0. The number of rotatable bonds is 7. The largest absolute Gasteiger partial charge is 0.493 e. The number of methoxy groups -OCH3 is 2. The molecule has 1 heterocycles. The fourth-order valence-electron chi connectivity index (χ4n) is 3.13. The number of nitriles is 1. The van der Waals surface area contributed by atoms with Crippen molar-refractivity contribution >= 4 is 5.97 Å². The van der Waals surface area contributed by atoms with Crippen molar-refractivity contribution in [2.45, 2.75) is 13.0 Å². The van der Waals surface area contributed by atoms with Crippen LogP contribution in [0.15, 0.2) is 42.5 Å². The van der Waals surface area contributed by atoms with Gasteiger partial charge in [-0.15, -0.1) is 0 Å². The molecule has 0 aliphatic carbocycles. The molecule has 2 atom stereocenters. The molecule has 0 bridgehead atoms. The highest BCUT2D eigenvalue weighted by Crippen LogP contribution is 2.40. The maximum absolute atomic E-state index is 11.6. The summed E-state index contributed by atoms with van der Waals surface area (Å²) in [6.45, 7) is 0.627. The number of hydrogen-bond donors (Lipinski definition) is 0. The molecule has 1 aliphatic heterocycles. The van der Waals surface area contributed by atoms with Gasteiger partial charge in [-0.3, -0.25) is 4.79 Å². The first kappa shape index (κ1) is 18.6. The van der Waals surface area contributed by atoms with Crippen LogP contribution < -0.4 is 14.2 Å². The van der Waals surface area contributed by atoms with Gasteiger partial charge < -0.3 is 18.9 Å². The normalized spacial score (nSPS) is 18.5. The zero-order valence-corrected chi connectivity index (χ0v) is 15.3. The van der Waals surface area contributed by atoms with E-state index in [1.54, 1.807) is 14.2 Å². The summed E-state index contributed by atoms with van der Waals surface area (Å²) in [7, 11) is 3.13. The van der Waals surface area contributed by atoms with E-state index in [0.29, 0.717) is 30.3 Å². The Morgan fingerprint density at radius 3 is 2.37 bits per heavy atom. The second-order valence-corrected chi connectivity index (χ2v) is 6.30. The SMILES string of the molecule is COc1cc(C[C@H]2COC(=O)[C@H]2C#N)cc(OC)c1OCc1ccccc1. The highest BCUT2D eigenvalue weighted by molar-refractivity contribution is 5.77. The molecule has 1 fully saturated rings. The van der Waals surface area contributed by atoms with Gasteiger partial charge in [0, 0.05) is 5.92 Å². The van der Waals surface area contributed by atoms with Gasteiger partial charge in [0.15, 0.2) is 11.5 Å². The van der Waals surface area contributed by atoms with E-state index < -0.39 is 11.9 Å².